The number of carbonyl (C=O) groups is 2. The Labute approximate surface area is 180 Å². The first kappa shape index (κ1) is 22.0. The average Bonchev–Trinajstić information content (AvgIpc) is 3.24. The Morgan fingerprint density at radius 3 is 2.43 bits per heavy atom. The summed E-state index contributed by atoms with van der Waals surface area (Å²) in [6.07, 6.45) is 1.94. The van der Waals surface area contributed by atoms with Crippen LogP contribution in [0.1, 0.15) is 43.4 Å². The molecule has 1 heterocycles. The maximum absolute atomic E-state index is 12.9. The molecular weight excluding hydrogens is 374 g/mol. The van der Waals surface area contributed by atoms with Crippen molar-refractivity contribution in [2.24, 2.45) is 0 Å². The molecule has 0 radical (unpaired) electrons. The number of nitrogens with one attached hydrogen (secondary N) is 1. The fourth-order valence-electron chi connectivity index (χ4n) is 3.85. The Morgan fingerprint density at radius 1 is 1.07 bits per heavy atom. The predicted molar refractivity (Wildman–Crippen MR) is 120 cm³/mol. The molecule has 2 aromatic rings. The highest BCUT2D eigenvalue weighted by atomic mass is 16.2. The monoisotopic (exact) mass is 407 g/mol. The molecule has 0 aromatic heterocycles. The predicted octanol–water partition coefficient (Wildman–Crippen LogP) is 3.38. The Hall–Kier alpha value is -2.66. The lowest BCUT2D eigenvalue weighted by Crippen LogP contribution is -2.46. The lowest BCUT2D eigenvalue weighted by Gasteiger charge is -2.25. The number of carbonyl (C=O) groups excluding carboxylic acids is 2. The third-order valence-corrected chi connectivity index (χ3v) is 5.95. The molecule has 30 heavy (non-hydrogen) atoms. The first-order valence-electron chi connectivity index (χ1n) is 10.8. The summed E-state index contributed by atoms with van der Waals surface area (Å²) in [6, 6.07) is 18.0. The van der Waals surface area contributed by atoms with Crippen molar-refractivity contribution in [3.05, 3.63) is 71.3 Å². The molecule has 1 atom stereocenters. The van der Waals surface area contributed by atoms with Gasteiger partial charge >= 0.3 is 0 Å². The maximum atomic E-state index is 12.9. The van der Waals surface area contributed by atoms with Gasteiger partial charge in [0.15, 0.2) is 0 Å². The zero-order valence-corrected chi connectivity index (χ0v) is 18.3. The molecule has 1 aliphatic rings. The fourth-order valence-corrected chi connectivity index (χ4v) is 3.85. The molecule has 2 aromatic carbocycles. The molecule has 0 bridgehead atoms. The second kappa shape index (κ2) is 10.4. The van der Waals surface area contributed by atoms with Gasteiger partial charge in [0.25, 0.3) is 0 Å². The number of amides is 2. The van der Waals surface area contributed by atoms with Crippen LogP contribution in [0.5, 0.6) is 0 Å². The van der Waals surface area contributed by atoms with Crippen molar-refractivity contribution < 1.29 is 9.59 Å². The number of nitrogens with zero attached hydrogens (tertiary/aromatic N) is 2. The summed E-state index contributed by atoms with van der Waals surface area (Å²) in [5.74, 6) is -0.0289. The molecule has 1 unspecified atom stereocenters. The van der Waals surface area contributed by atoms with Crippen LogP contribution >= 0.6 is 0 Å². The Kier molecular flexibility index (Phi) is 7.63. The molecule has 0 aliphatic carbocycles. The van der Waals surface area contributed by atoms with Crippen molar-refractivity contribution >= 4 is 11.8 Å². The van der Waals surface area contributed by atoms with Gasteiger partial charge in [0, 0.05) is 25.7 Å². The molecule has 0 saturated carbocycles. The van der Waals surface area contributed by atoms with E-state index in [0.717, 1.165) is 30.5 Å². The first-order chi connectivity index (χ1) is 14.5. The molecule has 2 amide bonds. The maximum Gasteiger partial charge on any atom is 0.243 e. The van der Waals surface area contributed by atoms with E-state index in [-0.39, 0.29) is 17.9 Å². The Morgan fingerprint density at radius 2 is 1.73 bits per heavy atom. The molecule has 5 nitrogen and oxygen atoms in total. The zero-order chi connectivity index (χ0) is 21.5. The number of hydrogen-bond acceptors (Lipinski definition) is 3. The van der Waals surface area contributed by atoms with Crippen LogP contribution in [0, 0.1) is 0 Å². The zero-order valence-electron chi connectivity index (χ0n) is 18.3. The summed E-state index contributed by atoms with van der Waals surface area (Å²) in [5, 5.41) is 3.08. The molecule has 1 aliphatic heterocycles. The van der Waals surface area contributed by atoms with Gasteiger partial charge in [0.2, 0.25) is 11.8 Å². The van der Waals surface area contributed by atoms with Crippen molar-refractivity contribution in [1.82, 2.24) is 15.1 Å². The van der Waals surface area contributed by atoms with Gasteiger partial charge in [-0.1, -0.05) is 54.6 Å². The van der Waals surface area contributed by atoms with Crippen molar-refractivity contribution in [3.8, 4) is 0 Å². The van der Waals surface area contributed by atoms with E-state index in [2.05, 4.69) is 43.2 Å². The second-order valence-corrected chi connectivity index (χ2v) is 8.40. The summed E-state index contributed by atoms with van der Waals surface area (Å²) in [4.78, 5) is 29.7. The molecular formula is C25H33N3O2. The lowest BCUT2D eigenvalue weighted by molar-refractivity contribution is -0.138. The third kappa shape index (κ3) is 5.70. The van der Waals surface area contributed by atoms with Crippen LogP contribution in [-0.2, 0) is 29.1 Å². The van der Waals surface area contributed by atoms with Crippen molar-refractivity contribution in [2.45, 2.75) is 58.3 Å². The van der Waals surface area contributed by atoms with Gasteiger partial charge in [0.1, 0.15) is 6.04 Å². The molecule has 5 heteroatoms. The van der Waals surface area contributed by atoms with E-state index in [1.165, 1.54) is 5.56 Å². The van der Waals surface area contributed by atoms with Gasteiger partial charge in [-0.25, -0.2) is 0 Å². The van der Waals surface area contributed by atoms with Gasteiger partial charge in [-0.3, -0.25) is 14.5 Å². The number of rotatable bonds is 8. The third-order valence-electron chi connectivity index (χ3n) is 5.95. The average molecular weight is 408 g/mol. The summed E-state index contributed by atoms with van der Waals surface area (Å²) in [6.45, 7) is 6.32. The van der Waals surface area contributed by atoms with Gasteiger partial charge < -0.3 is 10.2 Å². The van der Waals surface area contributed by atoms with Crippen LogP contribution in [0.3, 0.4) is 0 Å². The minimum Gasteiger partial charge on any atom is -0.350 e. The Balaban J connectivity index is 1.60. The number of likely N-dealkylation sites (tertiary alicyclic amines) is 1. The highest BCUT2D eigenvalue weighted by Gasteiger charge is 2.33. The number of benzene rings is 2. The van der Waals surface area contributed by atoms with Gasteiger partial charge in [-0.2, -0.15) is 0 Å². The van der Waals surface area contributed by atoms with Crippen molar-refractivity contribution in [3.63, 3.8) is 0 Å². The van der Waals surface area contributed by atoms with E-state index in [1.54, 1.807) is 4.90 Å². The minimum absolute atomic E-state index is 0.0257. The van der Waals surface area contributed by atoms with Crippen molar-refractivity contribution in [2.75, 3.05) is 13.6 Å². The van der Waals surface area contributed by atoms with Crippen LogP contribution in [0.2, 0.25) is 0 Å². The van der Waals surface area contributed by atoms with Crippen molar-refractivity contribution in [1.29, 1.82) is 0 Å². The first-order valence-corrected chi connectivity index (χ1v) is 10.8. The molecule has 3 rings (SSSR count). The molecule has 0 spiro atoms. The van der Waals surface area contributed by atoms with Crippen LogP contribution < -0.4 is 5.32 Å². The summed E-state index contributed by atoms with van der Waals surface area (Å²) in [7, 11) is 2.11. The van der Waals surface area contributed by atoms with Gasteiger partial charge in [0.05, 0.1) is 6.42 Å². The second-order valence-electron chi connectivity index (χ2n) is 8.40. The summed E-state index contributed by atoms with van der Waals surface area (Å²) >= 11 is 0. The van der Waals surface area contributed by atoms with E-state index in [1.807, 2.05) is 42.5 Å². The topological polar surface area (TPSA) is 52.7 Å². The van der Waals surface area contributed by atoms with Gasteiger partial charge in [-0.05, 0) is 50.4 Å². The quantitative estimate of drug-likeness (QED) is 0.730. The van der Waals surface area contributed by atoms with E-state index in [9.17, 15) is 9.59 Å². The molecule has 1 N–H and O–H groups in total. The van der Waals surface area contributed by atoms with Crippen LogP contribution in [0.4, 0.5) is 0 Å². The van der Waals surface area contributed by atoms with Gasteiger partial charge in [-0.15, -0.1) is 0 Å². The SMILES string of the molecule is CC(C)N(C)Cc1ccccc1CNC(=O)C1CCCN1C(=O)Cc1ccccc1. The van der Waals surface area contributed by atoms with Crippen LogP contribution in [-0.4, -0.2) is 47.3 Å². The van der Waals surface area contributed by atoms with Crippen LogP contribution in [0.25, 0.3) is 0 Å². The summed E-state index contributed by atoms with van der Waals surface area (Å²) < 4.78 is 0. The fraction of sp³-hybridized carbons (Fsp3) is 0.440. The highest BCUT2D eigenvalue weighted by Crippen LogP contribution is 2.20. The smallest absolute Gasteiger partial charge is 0.243 e. The van der Waals surface area contributed by atoms with E-state index < -0.39 is 0 Å². The molecule has 160 valence electrons. The van der Waals surface area contributed by atoms with E-state index >= 15 is 0 Å². The largest absolute Gasteiger partial charge is 0.350 e. The Bertz CT molecular complexity index is 850. The molecule has 1 saturated heterocycles. The van der Waals surface area contributed by atoms with E-state index in [4.69, 9.17) is 0 Å². The molecule has 1 fully saturated rings. The normalized spacial score (nSPS) is 16.3. The summed E-state index contributed by atoms with van der Waals surface area (Å²) in [5.41, 5.74) is 3.33. The lowest BCUT2D eigenvalue weighted by atomic mass is 10.1. The minimum atomic E-state index is -0.369. The van der Waals surface area contributed by atoms with Crippen LogP contribution in [0.15, 0.2) is 54.6 Å². The van der Waals surface area contributed by atoms with E-state index in [0.29, 0.717) is 25.6 Å². The number of hydrogen-bond donors (Lipinski definition) is 1. The standard InChI is InChI=1S/C25H33N3O2/c1-19(2)27(3)18-22-13-8-7-12-21(22)17-26-25(30)23-14-9-15-28(23)24(29)16-20-10-5-4-6-11-20/h4-8,10-13,19,23H,9,14-18H2,1-3H3,(H,26,30). The highest BCUT2D eigenvalue weighted by molar-refractivity contribution is 5.89.